The van der Waals surface area contributed by atoms with Gasteiger partial charge in [-0.05, 0) is 42.5 Å². The summed E-state index contributed by atoms with van der Waals surface area (Å²) >= 11 is 12.4. The van der Waals surface area contributed by atoms with Gasteiger partial charge in [0.2, 0.25) is 0 Å². The quantitative estimate of drug-likeness (QED) is 0.730. The van der Waals surface area contributed by atoms with Gasteiger partial charge in [-0.2, -0.15) is 0 Å². The number of H-pyrrole nitrogens is 1. The minimum absolute atomic E-state index is 0.0193. The number of pyridine rings is 1. The van der Waals surface area contributed by atoms with Gasteiger partial charge < -0.3 is 9.80 Å². The number of ketones is 1. The molecule has 1 aromatic heterocycles. The number of aromatic nitrogens is 1. The fourth-order valence-corrected chi connectivity index (χ4v) is 5.51. The van der Waals surface area contributed by atoms with E-state index in [-0.39, 0.29) is 17.7 Å². The van der Waals surface area contributed by atoms with Crippen LogP contribution in [0.2, 0.25) is 5.02 Å². The summed E-state index contributed by atoms with van der Waals surface area (Å²) in [4.78, 5) is 22.8. The Hall–Kier alpha value is -2.34. The molecule has 1 aromatic carbocycles. The molecule has 5 rings (SSSR count). The first-order chi connectivity index (χ1) is 15.6. The zero-order valence-corrected chi connectivity index (χ0v) is 19.4. The first-order valence-electron chi connectivity index (χ1n) is 11.3. The second-order valence-electron chi connectivity index (χ2n) is 8.74. The number of carbonyl (C=O) groups is 1. The summed E-state index contributed by atoms with van der Waals surface area (Å²) < 4.78 is 0. The van der Waals surface area contributed by atoms with Crippen molar-refractivity contribution in [3.05, 3.63) is 76.4 Å². The lowest BCUT2D eigenvalue weighted by Crippen LogP contribution is -3.15. The molecule has 2 aliphatic heterocycles. The number of quaternary nitrogens is 1. The third-order valence-corrected chi connectivity index (χ3v) is 7.27. The fraction of sp³-hybridized carbons (Fsp3) is 0.360. The Labute approximate surface area is 198 Å². The maximum atomic E-state index is 13.0. The number of rotatable bonds is 5. The summed E-state index contributed by atoms with van der Waals surface area (Å²) in [5.41, 5.74) is 1.97. The van der Waals surface area contributed by atoms with Gasteiger partial charge >= 0.3 is 0 Å². The fourth-order valence-electron chi connectivity index (χ4n) is 5.12. The molecular weight excluding hydrogens is 443 g/mol. The van der Waals surface area contributed by atoms with Crippen molar-refractivity contribution in [1.82, 2.24) is 0 Å². The van der Waals surface area contributed by atoms with Crippen molar-refractivity contribution in [1.29, 1.82) is 0 Å². The third-order valence-electron chi connectivity index (χ3n) is 6.78. The molecule has 1 fully saturated rings. The van der Waals surface area contributed by atoms with E-state index in [9.17, 15) is 4.79 Å². The van der Waals surface area contributed by atoms with Crippen molar-refractivity contribution in [2.45, 2.75) is 12.5 Å². The number of piperazine rings is 1. The van der Waals surface area contributed by atoms with Crippen molar-refractivity contribution in [3.8, 4) is 0 Å². The maximum Gasteiger partial charge on any atom is 0.285 e. The molecule has 166 valence electrons. The Morgan fingerprint density at radius 2 is 1.97 bits per heavy atom. The molecule has 0 radical (unpaired) electrons. The SMILES string of the molecule is O=C1c2ccc[nH+]c2N(CCC[NH+]2CCN(c3cccc(Cl)c3)CC2)[C@H]2C=CC(Cl)=C[C@@H]12. The second-order valence-corrected chi connectivity index (χ2v) is 9.61. The number of nitrogens with zero attached hydrogens (tertiary/aromatic N) is 2. The van der Waals surface area contributed by atoms with Crippen LogP contribution in [0.25, 0.3) is 0 Å². The number of hydrogen-bond donors (Lipinski definition) is 1. The van der Waals surface area contributed by atoms with Crippen LogP contribution >= 0.6 is 23.2 Å². The predicted octanol–water partition coefficient (Wildman–Crippen LogP) is 2.63. The molecule has 32 heavy (non-hydrogen) atoms. The highest BCUT2D eigenvalue weighted by molar-refractivity contribution is 6.31. The van der Waals surface area contributed by atoms with Crippen LogP contribution in [0.15, 0.2) is 65.9 Å². The number of hydrogen-bond acceptors (Lipinski definition) is 3. The Kier molecular flexibility index (Phi) is 6.22. The molecule has 3 aliphatic rings. The maximum absolute atomic E-state index is 13.0. The summed E-state index contributed by atoms with van der Waals surface area (Å²) in [6.45, 7) is 6.35. The zero-order chi connectivity index (χ0) is 22.1. The lowest BCUT2D eigenvalue weighted by atomic mass is 9.83. The summed E-state index contributed by atoms with van der Waals surface area (Å²) in [5, 5.41) is 1.44. The molecule has 1 saturated heterocycles. The van der Waals surface area contributed by atoms with Crippen LogP contribution in [0, 0.1) is 5.92 Å². The molecule has 0 amide bonds. The molecule has 7 heteroatoms. The van der Waals surface area contributed by atoms with Crippen LogP contribution in [0.5, 0.6) is 0 Å². The molecule has 0 unspecified atom stereocenters. The number of nitrogens with one attached hydrogen (secondary N) is 2. The number of benzene rings is 1. The van der Waals surface area contributed by atoms with E-state index < -0.39 is 0 Å². The van der Waals surface area contributed by atoms with Crippen LogP contribution in [0.1, 0.15) is 16.8 Å². The monoisotopic (exact) mass is 470 g/mol. The molecule has 2 atom stereocenters. The van der Waals surface area contributed by atoms with Crippen LogP contribution in [-0.4, -0.2) is 51.1 Å². The van der Waals surface area contributed by atoms with Gasteiger partial charge in [0.05, 0.1) is 51.4 Å². The largest absolute Gasteiger partial charge is 0.360 e. The predicted molar refractivity (Wildman–Crippen MR) is 129 cm³/mol. The van der Waals surface area contributed by atoms with Crippen LogP contribution in [0.3, 0.4) is 0 Å². The summed E-state index contributed by atoms with van der Waals surface area (Å²) in [6.07, 6.45) is 8.85. The molecule has 5 nitrogen and oxygen atoms in total. The van der Waals surface area contributed by atoms with E-state index in [1.165, 1.54) is 5.69 Å². The molecule has 1 aliphatic carbocycles. The minimum atomic E-state index is -0.218. The van der Waals surface area contributed by atoms with Gasteiger partial charge in [-0.1, -0.05) is 35.3 Å². The summed E-state index contributed by atoms with van der Waals surface area (Å²) in [6, 6.07) is 12.0. The van der Waals surface area contributed by atoms with E-state index in [4.69, 9.17) is 23.2 Å². The lowest BCUT2D eigenvalue weighted by Gasteiger charge is -2.36. The summed E-state index contributed by atoms with van der Waals surface area (Å²) in [5.74, 6) is 0.850. The van der Waals surface area contributed by atoms with Gasteiger partial charge in [-0.3, -0.25) is 9.69 Å². The van der Waals surface area contributed by atoms with E-state index >= 15 is 0 Å². The first-order valence-corrected chi connectivity index (χ1v) is 12.1. The Morgan fingerprint density at radius 3 is 2.78 bits per heavy atom. The zero-order valence-electron chi connectivity index (χ0n) is 17.9. The third kappa shape index (κ3) is 4.29. The molecule has 2 aromatic rings. The standard InChI is InChI=1S/C25H26Cl2N4O/c26-18-4-1-5-20(16-18)30-14-12-29(13-15-30)10-3-11-31-23-8-7-19(27)17-22(23)24(32)21-6-2-9-28-25(21)31/h1-2,4-9,16-17,22-23H,3,10-15H2/p+2/t22-,23+/m1/s1. The van der Waals surface area contributed by atoms with Gasteiger partial charge in [0, 0.05) is 22.2 Å². The van der Waals surface area contributed by atoms with Crippen LogP contribution in [-0.2, 0) is 0 Å². The first kappa shape index (κ1) is 21.5. The normalized spacial score (nSPS) is 23.1. The lowest BCUT2D eigenvalue weighted by molar-refractivity contribution is -0.900. The van der Waals surface area contributed by atoms with Crippen molar-refractivity contribution in [2.24, 2.45) is 5.92 Å². The van der Waals surface area contributed by atoms with Gasteiger partial charge in [-0.15, -0.1) is 0 Å². The number of Topliss-reactive ketones (excluding diaryl/α,β-unsaturated/α-hetero) is 1. The van der Waals surface area contributed by atoms with Gasteiger partial charge in [0.15, 0.2) is 5.78 Å². The molecule has 0 saturated carbocycles. The Balaban J connectivity index is 1.21. The smallest absolute Gasteiger partial charge is 0.285 e. The number of aromatic amines is 1. The highest BCUT2D eigenvalue weighted by Gasteiger charge is 2.44. The number of halogens is 2. The van der Waals surface area contributed by atoms with Crippen LogP contribution < -0.4 is 19.7 Å². The van der Waals surface area contributed by atoms with Gasteiger partial charge in [0.1, 0.15) is 11.6 Å². The second kappa shape index (κ2) is 9.26. The van der Waals surface area contributed by atoms with E-state index in [0.29, 0.717) is 5.03 Å². The number of carbonyl (C=O) groups excluding carboxylic acids is 1. The average molecular weight is 471 g/mol. The highest BCUT2D eigenvalue weighted by Crippen LogP contribution is 2.35. The van der Waals surface area contributed by atoms with E-state index in [0.717, 1.165) is 62.1 Å². The number of anilines is 2. The average Bonchev–Trinajstić information content (AvgIpc) is 2.82. The van der Waals surface area contributed by atoms with E-state index in [1.807, 2.05) is 48.7 Å². The minimum Gasteiger partial charge on any atom is -0.360 e. The molecular formula is C25H28Cl2N4O+2. The number of allylic oxidation sites excluding steroid dienone is 2. The van der Waals surface area contributed by atoms with E-state index in [2.05, 4.69) is 26.9 Å². The topological polar surface area (TPSA) is 42.1 Å². The van der Waals surface area contributed by atoms with Crippen LogP contribution in [0.4, 0.5) is 11.5 Å². The number of fused-ring (bicyclic) bond motifs is 2. The molecule has 0 spiro atoms. The van der Waals surface area contributed by atoms with Crippen molar-refractivity contribution < 1.29 is 14.7 Å². The molecule has 3 heterocycles. The molecule has 2 N–H and O–H groups in total. The van der Waals surface area contributed by atoms with Crippen molar-refractivity contribution in [2.75, 3.05) is 49.1 Å². The Morgan fingerprint density at radius 1 is 1.12 bits per heavy atom. The molecule has 0 bridgehead atoms. The van der Waals surface area contributed by atoms with Gasteiger partial charge in [-0.25, -0.2) is 4.98 Å². The van der Waals surface area contributed by atoms with E-state index in [1.54, 1.807) is 4.90 Å². The van der Waals surface area contributed by atoms with Crippen molar-refractivity contribution >= 4 is 40.5 Å². The van der Waals surface area contributed by atoms with Crippen molar-refractivity contribution in [3.63, 3.8) is 0 Å². The Bertz CT molecular complexity index is 1060. The summed E-state index contributed by atoms with van der Waals surface area (Å²) in [7, 11) is 0. The van der Waals surface area contributed by atoms with Gasteiger partial charge in [0.25, 0.3) is 5.82 Å². The highest BCUT2D eigenvalue weighted by atomic mass is 35.5.